The van der Waals surface area contributed by atoms with Gasteiger partial charge in [-0.15, -0.1) is 0 Å². The van der Waals surface area contributed by atoms with E-state index in [4.69, 9.17) is 17.0 Å². The van der Waals surface area contributed by atoms with Crippen molar-refractivity contribution in [1.82, 2.24) is 4.90 Å². The average molecular weight is 377 g/mol. The van der Waals surface area contributed by atoms with Gasteiger partial charge in [-0.2, -0.15) is 0 Å². The predicted octanol–water partition coefficient (Wildman–Crippen LogP) is 3.91. The Morgan fingerprint density at radius 3 is 2.64 bits per heavy atom. The molecule has 4 nitrogen and oxygen atoms in total. The van der Waals surface area contributed by atoms with Crippen molar-refractivity contribution in [2.75, 3.05) is 31.1 Å². The molecule has 6 heteroatoms. The molecular weight excluding hydrogens is 352 g/mol. The van der Waals surface area contributed by atoms with Crippen LogP contribution < -0.4 is 4.90 Å². The van der Waals surface area contributed by atoms with Gasteiger partial charge in [0.2, 0.25) is 0 Å². The van der Waals surface area contributed by atoms with Gasteiger partial charge in [0.25, 0.3) is 5.91 Å². The van der Waals surface area contributed by atoms with Gasteiger partial charge < -0.3 is 9.64 Å². The van der Waals surface area contributed by atoms with Crippen LogP contribution in [0.3, 0.4) is 0 Å². The highest BCUT2D eigenvalue weighted by atomic mass is 32.2. The van der Waals surface area contributed by atoms with Crippen LogP contribution in [0.4, 0.5) is 5.69 Å². The number of hydrogen-bond acceptors (Lipinski definition) is 5. The van der Waals surface area contributed by atoms with E-state index in [0.29, 0.717) is 15.8 Å². The molecule has 2 aliphatic heterocycles. The lowest BCUT2D eigenvalue weighted by atomic mass is 10.1. The molecule has 1 unspecified atom stereocenters. The lowest BCUT2D eigenvalue weighted by Crippen LogP contribution is -2.35. The lowest BCUT2D eigenvalue weighted by Gasteiger charge is -2.20. The quantitative estimate of drug-likeness (QED) is 0.555. The zero-order chi connectivity index (χ0) is 17.8. The van der Waals surface area contributed by atoms with Crippen LogP contribution >= 0.6 is 24.0 Å². The summed E-state index contributed by atoms with van der Waals surface area (Å²) in [6, 6.07) is 8.32. The second-order valence-corrected chi connectivity index (χ2v) is 7.87. The molecule has 1 atom stereocenters. The van der Waals surface area contributed by atoms with E-state index in [-0.39, 0.29) is 12.0 Å². The van der Waals surface area contributed by atoms with E-state index in [0.717, 1.165) is 38.1 Å². The SMILES string of the molecule is CCN(CC)c1ccc(/C=C2\SC(=S)N(CC3CCCO3)C2=O)cc1. The number of carbonyl (C=O) groups is 1. The molecule has 3 rings (SSSR count). The van der Waals surface area contributed by atoms with Crippen molar-refractivity contribution in [3.63, 3.8) is 0 Å². The van der Waals surface area contributed by atoms with Gasteiger partial charge in [0.1, 0.15) is 4.32 Å². The summed E-state index contributed by atoms with van der Waals surface area (Å²) >= 11 is 6.78. The van der Waals surface area contributed by atoms with Gasteiger partial charge >= 0.3 is 0 Å². The number of nitrogens with zero attached hydrogens (tertiary/aromatic N) is 2. The molecule has 0 aliphatic carbocycles. The summed E-state index contributed by atoms with van der Waals surface area (Å²) in [7, 11) is 0. The Balaban J connectivity index is 1.70. The van der Waals surface area contributed by atoms with Gasteiger partial charge in [0.15, 0.2) is 0 Å². The number of benzene rings is 1. The van der Waals surface area contributed by atoms with Crippen LogP contribution in [0.5, 0.6) is 0 Å². The smallest absolute Gasteiger partial charge is 0.266 e. The second-order valence-electron chi connectivity index (χ2n) is 6.19. The molecule has 134 valence electrons. The highest BCUT2D eigenvalue weighted by Crippen LogP contribution is 2.33. The molecule has 1 amide bonds. The fourth-order valence-electron chi connectivity index (χ4n) is 3.17. The van der Waals surface area contributed by atoms with Crippen LogP contribution in [0, 0.1) is 0 Å². The Morgan fingerprint density at radius 1 is 1.32 bits per heavy atom. The topological polar surface area (TPSA) is 32.8 Å². The summed E-state index contributed by atoms with van der Waals surface area (Å²) in [5.74, 6) is -0.00156. The third-order valence-electron chi connectivity index (χ3n) is 4.60. The van der Waals surface area contributed by atoms with Crippen molar-refractivity contribution in [2.24, 2.45) is 0 Å². The first-order chi connectivity index (χ1) is 12.1. The Kier molecular flexibility index (Phi) is 6.15. The molecule has 1 aromatic rings. The van der Waals surface area contributed by atoms with E-state index >= 15 is 0 Å². The first kappa shape index (κ1) is 18.4. The molecule has 0 radical (unpaired) electrons. The van der Waals surface area contributed by atoms with Gasteiger partial charge in [0, 0.05) is 25.4 Å². The summed E-state index contributed by atoms with van der Waals surface area (Å²) < 4.78 is 6.27. The molecule has 2 heterocycles. The van der Waals surface area contributed by atoms with Crippen LogP contribution in [0.2, 0.25) is 0 Å². The van der Waals surface area contributed by atoms with Gasteiger partial charge in [-0.1, -0.05) is 36.1 Å². The summed E-state index contributed by atoms with van der Waals surface area (Å²) in [4.78, 5) is 17.3. The molecule has 25 heavy (non-hydrogen) atoms. The van der Waals surface area contributed by atoms with Gasteiger partial charge in [-0.25, -0.2) is 0 Å². The van der Waals surface area contributed by atoms with E-state index < -0.39 is 0 Å². The molecule has 0 bridgehead atoms. The number of ether oxygens (including phenoxy) is 1. The number of rotatable bonds is 6. The van der Waals surface area contributed by atoms with E-state index in [1.807, 2.05) is 6.08 Å². The highest BCUT2D eigenvalue weighted by molar-refractivity contribution is 8.26. The number of thioether (sulfide) groups is 1. The predicted molar refractivity (Wildman–Crippen MR) is 109 cm³/mol. The lowest BCUT2D eigenvalue weighted by molar-refractivity contribution is -0.123. The number of carbonyl (C=O) groups excluding carboxylic acids is 1. The number of thiocarbonyl (C=S) groups is 1. The largest absolute Gasteiger partial charge is 0.376 e. The monoisotopic (exact) mass is 376 g/mol. The van der Waals surface area contributed by atoms with Crippen molar-refractivity contribution in [3.05, 3.63) is 34.7 Å². The van der Waals surface area contributed by atoms with Crippen LogP contribution in [-0.4, -0.2) is 47.5 Å². The van der Waals surface area contributed by atoms with Crippen LogP contribution in [0.1, 0.15) is 32.3 Å². The Morgan fingerprint density at radius 2 is 2.04 bits per heavy atom. The molecule has 0 aromatic heterocycles. The van der Waals surface area contributed by atoms with Crippen molar-refractivity contribution in [3.8, 4) is 0 Å². The summed E-state index contributed by atoms with van der Waals surface area (Å²) in [5, 5.41) is 0. The summed E-state index contributed by atoms with van der Waals surface area (Å²) in [6.07, 6.45) is 4.12. The summed E-state index contributed by atoms with van der Waals surface area (Å²) in [6.45, 7) is 7.63. The van der Waals surface area contributed by atoms with E-state index in [1.54, 1.807) is 4.90 Å². The maximum absolute atomic E-state index is 12.7. The van der Waals surface area contributed by atoms with Gasteiger partial charge in [-0.05, 0) is 50.5 Å². The molecule has 2 aliphatic rings. The highest BCUT2D eigenvalue weighted by Gasteiger charge is 2.34. The normalized spacial score (nSPS) is 22.2. The molecular formula is C19H24N2O2S2. The standard InChI is InChI=1S/C19H24N2O2S2/c1-3-20(4-2)15-9-7-14(8-10-15)12-17-18(22)21(19(24)25-17)13-16-6-5-11-23-16/h7-10,12,16H,3-6,11,13H2,1-2H3/b17-12-. The zero-order valence-electron chi connectivity index (χ0n) is 14.7. The van der Waals surface area contributed by atoms with Crippen molar-refractivity contribution in [1.29, 1.82) is 0 Å². The Hall–Kier alpha value is -1.37. The Labute approximate surface area is 159 Å². The third-order valence-corrected chi connectivity index (χ3v) is 5.98. The van der Waals surface area contributed by atoms with Crippen molar-refractivity contribution in [2.45, 2.75) is 32.8 Å². The minimum Gasteiger partial charge on any atom is -0.376 e. The second kappa shape index (κ2) is 8.34. The minimum absolute atomic E-state index is 0.00156. The maximum Gasteiger partial charge on any atom is 0.266 e. The number of amides is 1. The molecule has 0 N–H and O–H groups in total. The number of hydrogen-bond donors (Lipinski definition) is 0. The molecule has 1 aromatic carbocycles. The van der Waals surface area contributed by atoms with E-state index in [9.17, 15) is 4.79 Å². The van der Waals surface area contributed by atoms with Crippen LogP contribution in [-0.2, 0) is 9.53 Å². The van der Waals surface area contributed by atoms with Crippen LogP contribution in [0.25, 0.3) is 6.08 Å². The maximum atomic E-state index is 12.7. The first-order valence-electron chi connectivity index (χ1n) is 8.84. The molecule has 2 fully saturated rings. The molecule has 2 saturated heterocycles. The first-order valence-corrected chi connectivity index (χ1v) is 10.1. The fraction of sp³-hybridized carbons (Fsp3) is 0.474. The van der Waals surface area contributed by atoms with E-state index in [1.165, 1.54) is 17.4 Å². The van der Waals surface area contributed by atoms with E-state index in [2.05, 4.69) is 43.0 Å². The molecule has 0 spiro atoms. The van der Waals surface area contributed by atoms with Crippen molar-refractivity contribution < 1.29 is 9.53 Å². The van der Waals surface area contributed by atoms with Gasteiger partial charge in [-0.3, -0.25) is 9.69 Å². The minimum atomic E-state index is -0.00156. The summed E-state index contributed by atoms with van der Waals surface area (Å²) in [5.41, 5.74) is 2.22. The zero-order valence-corrected chi connectivity index (χ0v) is 16.4. The van der Waals surface area contributed by atoms with Gasteiger partial charge in [0.05, 0.1) is 17.6 Å². The number of anilines is 1. The van der Waals surface area contributed by atoms with Crippen molar-refractivity contribution >= 4 is 46.0 Å². The fourth-order valence-corrected chi connectivity index (χ4v) is 4.45. The third kappa shape index (κ3) is 4.25. The molecule has 0 saturated carbocycles. The van der Waals surface area contributed by atoms with Crippen LogP contribution in [0.15, 0.2) is 29.2 Å². The average Bonchev–Trinajstić information content (AvgIpc) is 3.22. The Bertz CT molecular complexity index is 663.